The van der Waals surface area contributed by atoms with Crippen LogP contribution in [0.25, 0.3) is 0 Å². The van der Waals surface area contributed by atoms with Gasteiger partial charge >= 0.3 is 0 Å². The summed E-state index contributed by atoms with van der Waals surface area (Å²) < 4.78 is 7.49. The van der Waals surface area contributed by atoms with Gasteiger partial charge in [0.1, 0.15) is 24.5 Å². The Kier molecular flexibility index (Phi) is 10.7. The summed E-state index contributed by atoms with van der Waals surface area (Å²) in [5.41, 5.74) is 2.60. The number of hydrogen-bond donors (Lipinski definition) is 2. The highest BCUT2D eigenvalue weighted by Gasteiger charge is 2.10. The summed E-state index contributed by atoms with van der Waals surface area (Å²) >= 11 is 0. The standard InChI is InChI=1S/C24H34N6O.HI/c1-5-23-29-27-17-30(23)13-12-25-24(26-16-22-7-6-14-31-22)28-19(4)21-10-8-20(9-11-21)15-18(2)3;/h6-11,14,17-19H,5,12-13,15-16H2,1-4H3,(H2,25,26,28);1H. The Morgan fingerprint density at radius 3 is 2.59 bits per heavy atom. The molecule has 1 aromatic carbocycles. The normalized spacial score (nSPS) is 12.5. The van der Waals surface area contributed by atoms with Gasteiger partial charge in [0.05, 0.1) is 12.3 Å². The van der Waals surface area contributed by atoms with Crippen LogP contribution in [0.4, 0.5) is 0 Å². The molecule has 0 fully saturated rings. The monoisotopic (exact) mass is 550 g/mol. The molecule has 3 rings (SSSR count). The second kappa shape index (κ2) is 13.2. The number of halogens is 1. The van der Waals surface area contributed by atoms with E-state index < -0.39 is 0 Å². The summed E-state index contributed by atoms with van der Waals surface area (Å²) in [4.78, 5) is 4.71. The van der Waals surface area contributed by atoms with Gasteiger partial charge in [-0.05, 0) is 42.5 Å². The Morgan fingerprint density at radius 1 is 1.16 bits per heavy atom. The van der Waals surface area contributed by atoms with Crippen LogP contribution in [0.5, 0.6) is 0 Å². The van der Waals surface area contributed by atoms with Gasteiger partial charge in [-0.2, -0.15) is 0 Å². The number of benzene rings is 1. The number of aryl methyl sites for hydroxylation is 1. The van der Waals surface area contributed by atoms with Gasteiger partial charge in [0, 0.05) is 19.5 Å². The summed E-state index contributed by atoms with van der Waals surface area (Å²) in [6.45, 7) is 10.7. The first kappa shape index (κ1) is 25.9. The third kappa shape index (κ3) is 7.96. The maximum atomic E-state index is 5.43. The number of guanidine groups is 1. The van der Waals surface area contributed by atoms with Gasteiger partial charge in [-0.3, -0.25) is 0 Å². The molecular weight excluding hydrogens is 515 g/mol. The van der Waals surface area contributed by atoms with Crippen LogP contribution in [0.15, 0.2) is 58.4 Å². The van der Waals surface area contributed by atoms with Crippen molar-refractivity contribution in [2.24, 2.45) is 10.9 Å². The lowest BCUT2D eigenvalue weighted by atomic mass is 10.00. The van der Waals surface area contributed by atoms with E-state index in [9.17, 15) is 0 Å². The second-order valence-electron chi connectivity index (χ2n) is 8.17. The van der Waals surface area contributed by atoms with E-state index in [2.05, 4.69) is 77.4 Å². The van der Waals surface area contributed by atoms with E-state index >= 15 is 0 Å². The van der Waals surface area contributed by atoms with Crippen LogP contribution in [0, 0.1) is 5.92 Å². The highest BCUT2D eigenvalue weighted by Crippen LogP contribution is 2.15. The van der Waals surface area contributed by atoms with Crippen molar-refractivity contribution < 1.29 is 4.42 Å². The highest BCUT2D eigenvalue weighted by atomic mass is 127. The van der Waals surface area contributed by atoms with Crippen molar-refractivity contribution in [1.29, 1.82) is 0 Å². The van der Waals surface area contributed by atoms with Crippen molar-refractivity contribution in [3.8, 4) is 0 Å². The summed E-state index contributed by atoms with van der Waals surface area (Å²) in [5.74, 6) is 3.23. The van der Waals surface area contributed by atoms with E-state index in [1.54, 1.807) is 12.6 Å². The Bertz CT molecular complexity index is 934. The fourth-order valence-electron chi connectivity index (χ4n) is 3.45. The van der Waals surface area contributed by atoms with Gasteiger partial charge in [-0.25, -0.2) is 4.99 Å². The molecule has 2 aromatic heterocycles. The fourth-order valence-corrected chi connectivity index (χ4v) is 3.45. The van der Waals surface area contributed by atoms with E-state index in [0.29, 0.717) is 12.5 Å². The van der Waals surface area contributed by atoms with E-state index in [0.717, 1.165) is 43.5 Å². The van der Waals surface area contributed by atoms with E-state index in [-0.39, 0.29) is 30.0 Å². The topological polar surface area (TPSA) is 80.3 Å². The molecule has 0 saturated carbocycles. The largest absolute Gasteiger partial charge is 0.467 e. The maximum Gasteiger partial charge on any atom is 0.192 e. The molecule has 8 heteroatoms. The Balaban J connectivity index is 0.00000363. The van der Waals surface area contributed by atoms with Crippen molar-refractivity contribution in [3.63, 3.8) is 0 Å². The van der Waals surface area contributed by atoms with Gasteiger partial charge in [0.2, 0.25) is 0 Å². The summed E-state index contributed by atoms with van der Waals surface area (Å²) in [6, 6.07) is 12.8. The molecule has 0 radical (unpaired) electrons. The number of hydrogen-bond acceptors (Lipinski definition) is 4. The lowest BCUT2D eigenvalue weighted by Gasteiger charge is -2.19. The molecule has 174 valence electrons. The predicted octanol–water partition coefficient (Wildman–Crippen LogP) is 4.75. The Morgan fingerprint density at radius 2 is 1.94 bits per heavy atom. The average Bonchev–Trinajstić information content (AvgIpc) is 3.43. The molecular formula is C24H35IN6O. The van der Waals surface area contributed by atoms with Crippen LogP contribution < -0.4 is 10.6 Å². The lowest BCUT2D eigenvalue weighted by molar-refractivity contribution is 0.511. The molecule has 7 nitrogen and oxygen atoms in total. The molecule has 0 saturated heterocycles. The fraction of sp³-hybridized carbons (Fsp3) is 0.458. The number of aliphatic imine (C=N–C) groups is 1. The minimum atomic E-state index is 0. The zero-order valence-electron chi connectivity index (χ0n) is 19.4. The van der Waals surface area contributed by atoms with Crippen molar-refractivity contribution in [2.75, 3.05) is 6.54 Å². The first-order valence-electron chi connectivity index (χ1n) is 11.1. The van der Waals surface area contributed by atoms with Crippen LogP contribution >= 0.6 is 24.0 Å². The smallest absolute Gasteiger partial charge is 0.192 e. The molecule has 2 heterocycles. The van der Waals surface area contributed by atoms with Crippen molar-refractivity contribution in [1.82, 2.24) is 25.4 Å². The second-order valence-corrected chi connectivity index (χ2v) is 8.17. The number of furan rings is 1. The lowest BCUT2D eigenvalue weighted by Crippen LogP contribution is -2.40. The van der Waals surface area contributed by atoms with Crippen molar-refractivity contribution in [3.05, 3.63) is 71.7 Å². The summed E-state index contributed by atoms with van der Waals surface area (Å²) in [7, 11) is 0. The van der Waals surface area contributed by atoms with Crippen LogP contribution in [-0.2, 0) is 25.9 Å². The molecule has 0 amide bonds. The number of nitrogens with zero attached hydrogens (tertiary/aromatic N) is 4. The molecule has 0 spiro atoms. The van der Waals surface area contributed by atoms with Crippen molar-refractivity contribution in [2.45, 2.75) is 59.7 Å². The SMILES string of the molecule is CCc1nncn1CCNC(=NCc1ccco1)NC(C)c1ccc(CC(C)C)cc1.I. The average molecular weight is 550 g/mol. The zero-order chi connectivity index (χ0) is 22.1. The number of aromatic nitrogens is 3. The maximum absolute atomic E-state index is 5.43. The Labute approximate surface area is 208 Å². The van der Waals surface area contributed by atoms with Crippen LogP contribution in [0.3, 0.4) is 0 Å². The van der Waals surface area contributed by atoms with Gasteiger partial charge in [0.25, 0.3) is 0 Å². The molecule has 2 N–H and O–H groups in total. The van der Waals surface area contributed by atoms with Crippen molar-refractivity contribution >= 4 is 29.9 Å². The van der Waals surface area contributed by atoms with Gasteiger partial charge in [0.15, 0.2) is 5.96 Å². The minimum absolute atomic E-state index is 0. The molecule has 3 aromatic rings. The third-order valence-electron chi connectivity index (χ3n) is 5.11. The van der Waals surface area contributed by atoms with E-state index in [1.165, 1.54) is 11.1 Å². The zero-order valence-corrected chi connectivity index (χ0v) is 21.7. The number of rotatable bonds is 10. The van der Waals surface area contributed by atoms with E-state index in [1.807, 2.05) is 12.1 Å². The Hall–Kier alpha value is -2.36. The highest BCUT2D eigenvalue weighted by molar-refractivity contribution is 14.0. The van der Waals surface area contributed by atoms with Crippen LogP contribution in [0.2, 0.25) is 0 Å². The molecule has 0 bridgehead atoms. The van der Waals surface area contributed by atoms with E-state index in [4.69, 9.17) is 9.41 Å². The van der Waals surface area contributed by atoms with Gasteiger partial charge < -0.3 is 19.6 Å². The van der Waals surface area contributed by atoms with Crippen LogP contribution in [-0.4, -0.2) is 27.3 Å². The molecule has 1 atom stereocenters. The number of nitrogens with one attached hydrogen (secondary N) is 2. The first-order valence-corrected chi connectivity index (χ1v) is 11.1. The molecule has 0 aliphatic rings. The minimum Gasteiger partial charge on any atom is -0.467 e. The molecule has 1 unspecified atom stereocenters. The first-order chi connectivity index (χ1) is 15.0. The van der Waals surface area contributed by atoms with Gasteiger partial charge in [-0.15, -0.1) is 34.2 Å². The molecule has 0 aliphatic heterocycles. The molecule has 32 heavy (non-hydrogen) atoms. The quantitative estimate of drug-likeness (QED) is 0.217. The predicted molar refractivity (Wildman–Crippen MR) is 139 cm³/mol. The summed E-state index contributed by atoms with van der Waals surface area (Å²) in [6.07, 6.45) is 5.41. The summed E-state index contributed by atoms with van der Waals surface area (Å²) in [5, 5.41) is 15.1. The van der Waals surface area contributed by atoms with Gasteiger partial charge in [-0.1, -0.05) is 45.0 Å². The molecule has 0 aliphatic carbocycles. The third-order valence-corrected chi connectivity index (χ3v) is 5.11. The van der Waals surface area contributed by atoms with Crippen LogP contribution in [0.1, 0.15) is 56.4 Å².